The van der Waals surface area contributed by atoms with Gasteiger partial charge in [0.1, 0.15) is 5.00 Å². The van der Waals surface area contributed by atoms with Crippen LogP contribution < -0.4 is 5.32 Å². The van der Waals surface area contributed by atoms with Crippen LogP contribution in [0.1, 0.15) is 46.6 Å². The standard InChI is InChI=1S/C22H24N2O3S/c1-3-27-22(26)20-16-9-8-13(2)10-18(16)28-21(20)24-19(25)11-14-12-23-17-7-5-4-6-15(14)17/h4-7,12-13,23H,3,8-11H2,1-2H3,(H,24,25). The predicted octanol–water partition coefficient (Wildman–Crippen LogP) is 4.71. The van der Waals surface area contributed by atoms with Crippen LogP contribution in [0, 0.1) is 5.92 Å². The van der Waals surface area contributed by atoms with Gasteiger partial charge in [0.05, 0.1) is 18.6 Å². The molecule has 2 heterocycles. The molecule has 146 valence electrons. The van der Waals surface area contributed by atoms with Crippen molar-refractivity contribution in [2.24, 2.45) is 5.92 Å². The van der Waals surface area contributed by atoms with E-state index < -0.39 is 0 Å². The summed E-state index contributed by atoms with van der Waals surface area (Å²) in [6.45, 7) is 4.35. The number of fused-ring (bicyclic) bond motifs is 2. The highest BCUT2D eigenvalue weighted by Crippen LogP contribution is 2.40. The SMILES string of the molecule is CCOC(=O)c1c(NC(=O)Cc2c[nH]c3ccccc23)sc2c1CCC(C)C2. The van der Waals surface area contributed by atoms with E-state index in [0.29, 0.717) is 23.1 Å². The smallest absolute Gasteiger partial charge is 0.341 e. The number of amides is 1. The van der Waals surface area contributed by atoms with Gasteiger partial charge in [-0.15, -0.1) is 11.3 Å². The van der Waals surface area contributed by atoms with Crippen molar-refractivity contribution in [1.82, 2.24) is 4.98 Å². The zero-order valence-electron chi connectivity index (χ0n) is 16.1. The molecule has 0 radical (unpaired) electrons. The summed E-state index contributed by atoms with van der Waals surface area (Å²) >= 11 is 1.52. The average molecular weight is 397 g/mol. The monoisotopic (exact) mass is 396 g/mol. The number of thiophene rings is 1. The number of hydrogen-bond donors (Lipinski definition) is 2. The van der Waals surface area contributed by atoms with Gasteiger partial charge in [0, 0.05) is 22.0 Å². The Morgan fingerprint density at radius 1 is 1.32 bits per heavy atom. The number of aromatic amines is 1. The summed E-state index contributed by atoms with van der Waals surface area (Å²) < 4.78 is 5.28. The first-order valence-electron chi connectivity index (χ1n) is 9.73. The molecule has 0 aliphatic heterocycles. The number of nitrogens with one attached hydrogen (secondary N) is 2. The molecule has 6 heteroatoms. The quantitative estimate of drug-likeness (QED) is 0.614. The van der Waals surface area contributed by atoms with Gasteiger partial charge in [-0.25, -0.2) is 4.79 Å². The first kappa shape index (κ1) is 18.7. The van der Waals surface area contributed by atoms with E-state index in [1.54, 1.807) is 6.92 Å². The second-order valence-corrected chi connectivity index (χ2v) is 8.47. The lowest BCUT2D eigenvalue weighted by atomic mass is 9.88. The summed E-state index contributed by atoms with van der Waals surface area (Å²) in [5.41, 5.74) is 3.57. The van der Waals surface area contributed by atoms with Crippen LogP contribution >= 0.6 is 11.3 Å². The van der Waals surface area contributed by atoms with Crippen LogP contribution in [0.2, 0.25) is 0 Å². The Morgan fingerprint density at radius 3 is 2.96 bits per heavy atom. The van der Waals surface area contributed by atoms with Crippen molar-refractivity contribution in [2.75, 3.05) is 11.9 Å². The first-order valence-corrected chi connectivity index (χ1v) is 10.5. The van der Waals surface area contributed by atoms with Crippen molar-refractivity contribution < 1.29 is 14.3 Å². The van der Waals surface area contributed by atoms with E-state index in [1.807, 2.05) is 30.5 Å². The molecule has 1 amide bonds. The Balaban J connectivity index is 1.59. The second-order valence-electron chi connectivity index (χ2n) is 7.36. The summed E-state index contributed by atoms with van der Waals surface area (Å²) in [4.78, 5) is 29.7. The van der Waals surface area contributed by atoms with E-state index in [1.165, 1.54) is 16.2 Å². The van der Waals surface area contributed by atoms with Crippen molar-refractivity contribution in [2.45, 2.75) is 39.5 Å². The molecule has 0 fully saturated rings. The molecule has 2 N–H and O–H groups in total. The summed E-state index contributed by atoms with van der Waals surface area (Å²) in [7, 11) is 0. The Labute approximate surface area is 168 Å². The number of aromatic nitrogens is 1. The van der Waals surface area contributed by atoms with Crippen LogP contribution in [0.5, 0.6) is 0 Å². The van der Waals surface area contributed by atoms with Crippen molar-refractivity contribution >= 4 is 39.1 Å². The van der Waals surface area contributed by atoms with Gasteiger partial charge in [-0.3, -0.25) is 4.79 Å². The van der Waals surface area contributed by atoms with E-state index >= 15 is 0 Å². The summed E-state index contributed by atoms with van der Waals surface area (Å²) in [6, 6.07) is 7.92. The molecule has 1 aromatic carbocycles. The molecule has 5 nitrogen and oxygen atoms in total. The van der Waals surface area contributed by atoms with E-state index in [-0.39, 0.29) is 18.3 Å². The number of ether oxygens (including phenoxy) is 1. The van der Waals surface area contributed by atoms with Crippen LogP contribution in [-0.4, -0.2) is 23.5 Å². The number of hydrogen-bond acceptors (Lipinski definition) is 4. The molecule has 1 atom stereocenters. The minimum absolute atomic E-state index is 0.123. The molecule has 1 aliphatic carbocycles. The van der Waals surface area contributed by atoms with Gasteiger partial charge in [0.25, 0.3) is 0 Å². The highest BCUT2D eigenvalue weighted by molar-refractivity contribution is 7.17. The molecule has 1 unspecified atom stereocenters. The maximum absolute atomic E-state index is 12.8. The third kappa shape index (κ3) is 3.56. The van der Waals surface area contributed by atoms with Crippen LogP contribution in [0.4, 0.5) is 5.00 Å². The second kappa shape index (κ2) is 7.80. The van der Waals surface area contributed by atoms with Gasteiger partial charge in [0.15, 0.2) is 0 Å². The molecule has 28 heavy (non-hydrogen) atoms. The fourth-order valence-electron chi connectivity index (χ4n) is 3.88. The maximum Gasteiger partial charge on any atom is 0.341 e. The highest BCUT2D eigenvalue weighted by atomic mass is 32.1. The molecule has 0 spiro atoms. The van der Waals surface area contributed by atoms with Crippen molar-refractivity contribution in [3.05, 3.63) is 52.0 Å². The number of carbonyl (C=O) groups is 2. The van der Waals surface area contributed by atoms with Gasteiger partial charge in [-0.1, -0.05) is 25.1 Å². The maximum atomic E-state index is 12.8. The number of rotatable bonds is 5. The third-order valence-corrected chi connectivity index (χ3v) is 6.44. The van der Waals surface area contributed by atoms with E-state index in [4.69, 9.17) is 4.74 Å². The molecule has 1 aliphatic rings. The molecule has 2 aromatic heterocycles. The van der Waals surface area contributed by atoms with Gasteiger partial charge < -0.3 is 15.0 Å². The van der Waals surface area contributed by atoms with E-state index in [2.05, 4.69) is 17.2 Å². The fourth-order valence-corrected chi connectivity index (χ4v) is 5.29. The first-order chi connectivity index (χ1) is 13.6. The number of H-pyrrole nitrogens is 1. The molecule has 0 saturated heterocycles. The molecule has 0 bridgehead atoms. The lowest BCUT2D eigenvalue weighted by Gasteiger charge is -2.18. The van der Waals surface area contributed by atoms with Gasteiger partial charge in [-0.2, -0.15) is 0 Å². The Morgan fingerprint density at radius 2 is 2.14 bits per heavy atom. The summed E-state index contributed by atoms with van der Waals surface area (Å²) in [5.74, 6) is 0.134. The third-order valence-electron chi connectivity index (χ3n) is 5.27. The number of esters is 1. The van der Waals surface area contributed by atoms with Gasteiger partial charge >= 0.3 is 5.97 Å². The minimum atomic E-state index is -0.336. The van der Waals surface area contributed by atoms with Crippen molar-refractivity contribution in [3.8, 4) is 0 Å². The van der Waals surface area contributed by atoms with Crippen molar-refractivity contribution in [3.63, 3.8) is 0 Å². The number of anilines is 1. The Kier molecular flexibility index (Phi) is 5.22. The molecular weight excluding hydrogens is 372 g/mol. The van der Waals surface area contributed by atoms with Gasteiger partial charge in [-0.05, 0) is 49.3 Å². The van der Waals surface area contributed by atoms with E-state index in [0.717, 1.165) is 41.3 Å². The van der Waals surface area contributed by atoms with Crippen molar-refractivity contribution in [1.29, 1.82) is 0 Å². The predicted molar refractivity (Wildman–Crippen MR) is 112 cm³/mol. The Hall–Kier alpha value is -2.60. The number of carbonyl (C=O) groups excluding carboxylic acids is 2. The lowest BCUT2D eigenvalue weighted by Crippen LogP contribution is -2.17. The number of benzene rings is 1. The lowest BCUT2D eigenvalue weighted by molar-refractivity contribution is -0.115. The molecule has 4 rings (SSSR count). The topological polar surface area (TPSA) is 71.2 Å². The normalized spacial score (nSPS) is 16.0. The summed E-state index contributed by atoms with van der Waals surface area (Å²) in [6.07, 6.45) is 4.99. The molecular formula is C22H24N2O3S. The van der Waals surface area contributed by atoms with Crippen LogP contribution in [-0.2, 0) is 28.8 Å². The highest BCUT2D eigenvalue weighted by Gasteiger charge is 2.29. The largest absolute Gasteiger partial charge is 0.462 e. The number of para-hydroxylation sites is 1. The van der Waals surface area contributed by atoms with Crippen LogP contribution in [0.3, 0.4) is 0 Å². The van der Waals surface area contributed by atoms with Crippen LogP contribution in [0.25, 0.3) is 10.9 Å². The van der Waals surface area contributed by atoms with E-state index in [9.17, 15) is 9.59 Å². The molecule has 3 aromatic rings. The zero-order valence-corrected chi connectivity index (χ0v) is 16.9. The molecule has 0 saturated carbocycles. The Bertz CT molecular complexity index is 1030. The minimum Gasteiger partial charge on any atom is -0.462 e. The average Bonchev–Trinajstić information content (AvgIpc) is 3.22. The fraction of sp³-hybridized carbons (Fsp3) is 0.364. The zero-order chi connectivity index (χ0) is 19.7. The van der Waals surface area contributed by atoms with Gasteiger partial charge in [0.2, 0.25) is 5.91 Å². The summed E-state index contributed by atoms with van der Waals surface area (Å²) in [5, 5.41) is 4.66. The van der Waals surface area contributed by atoms with Crippen LogP contribution in [0.15, 0.2) is 30.5 Å².